The summed E-state index contributed by atoms with van der Waals surface area (Å²) in [6.45, 7) is -0.305. The molecule has 0 aliphatic carbocycles. The Hall–Kier alpha value is -1.51. The van der Waals surface area contributed by atoms with Gasteiger partial charge in [0.1, 0.15) is 6.07 Å². The SMILES string of the molecule is COC(=O)c1c(S)ccc(CO)c1C#N. The first-order valence-electron chi connectivity index (χ1n) is 4.09. The van der Waals surface area contributed by atoms with Crippen LogP contribution in [0.25, 0.3) is 0 Å². The molecule has 0 saturated carbocycles. The fourth-order valence-electron chi connectivity index (χ4n) is 1.20. The van der Waals surface area contributed by atoms with Crippen LogP contribution in [0, 0.1) is 11.3 Å². The van der Waals surface area contributed by atoms with Crippen molar-refractivity contribution in [2.24, 2.45) is 0 Å². The minimum absolute atomic E-state index is 0.0925. The van der Waals surface area contributed by atoms with Gasteiger partial charge in [-0.05, 0) is 11.6 Å². The van der Waals surface area contributed by atoms with E-state index in [1.165, 1.54) is 7.11 Å². The molecule has 1 rings (SSSR count). The lowest BCUT2D eigenvalue weighted by Crippen LogP contribution is -2.08. The average molecular weight is 223 g/mol. The first-order chi connectivity index (χ1) is 7.15. The summed E-state index contributed by atoms with van der Waals surface area (Å²) in [4.78, 5) is 11.7. The number of carbonyl (C=O) groups is 1. The van der Waals surface area contributed by atoms with Crippen LogP contribution in [0.3, 0.4) is 0 Å². The number of esters is 1. The van der Waals surface area contributed by atoms with E-state index in [4.69, 9.17) is 10.4 Å². The van der Waals surface area contributed by atoms with Crippen LogP contribution in [0.2, 0.25) is 0 Å². The molecule has 0 amide bonds. The molecule has 0 aliphatic rings. The number of methoxy groups -OCH3 is 1. The van der Waals surface area contributed by atoms with Crippen LogP contribution < -0.4 is 0 Å². The van der Waals surface area contributed by atoms with Crippen molar-refractivity contribution >= 4 is 18.6 Å². The number of hydrogen-bond acceptors (Lipinski definition) is 5. The Labute approximate surface area is 92.5 Å². The Bertz CT molecular complexity index is 437. The minimum atomic E-state index is -0.633. The molecule has 78 valence electrons. The largest absolute Gasteiger partial charge is 0.465 e. The topological polar surface area (TPSA) is 70.3 Å². The quantitative estimate of drug-likeness (QED) is 0.582. The molecular weight excluding hydrogens is 214 g/mol. The van der Waals surface area contributed by atoms with Crippen LogP contribution in [0.5, 0.6) is 0 Å². The predicted octanol–water partition coefficient (Wildman–Crippen LogP) is 1.13. The number of aliphatic hydroxyl groups excluding tert-OH is 1. The van der Waals surface area contributed by atoms with E-state index in [9.17, 15) is 4.79 Å². The molecule has 0 saturated heterocycles. The number of nitriles is 1. The van der Waals surface area contributed by atoms with Gasteiger partial charge in [0.2, 0.25) is 0 Å². The fourth-order valence-corrected chi connectivity index (χ4v) is 1.48. The molecule has 0 spiro atoms. The molecule has 4 nitrogen and oxygen atoms in total. The molecular formula is C10H9NO3S. The van der Waals surface area contributed by atoms with Gasteiger partial charge in [-0.1, -0.05) is 6.07 Å². The number of aliphatic hydroxyl groups is 1. The maximum Gasteiger partial charge on any atom is 0.340 e. The third-order valence-electron chi connectivity index (χ3n) is 1.94. The van der Waals surface area contributed by atoms with Gasteiger partial charge in [-0.3, -0.25) is 0 Å². The third kappa shape index (κ3) is 2.12. The molecule has 0 radical (unpaired) electrons. The van der Waals surface area contributed by atoms with Crippen molar-refractivity contribution in [1.82, 2.24) is 0 Å². The van der Waals surface area contributed by atoms with Gasteiger partial charge in [0, 0.05) is 4.90 Å². The van der Waals surface area contributed by atoms with Gasteiger partial charge in [-0.2, -0.15) is 5.26 Å². The average Bonchev–Trinajstić information content (AvgIpc) is 2.27. The Balaban J connectivity index is 3.47. The first-order valence-corrected chi connectivity index (χ1v) is 4.54. The molecule has 0 aromatic heterocycles. The van der Waals surface area contributed by atoms with Crippen LogP contribution in [0.1, 0.15) is 21.5 Å². The van der Waals surface area contributed by atoms with Crippen molar-refractivity contribution in [2.45, 2.75) is 11.5 Å². The monoisotopic (exact) mass is 223 g/mol. The van der Waals surface area contributed by atoms with E-state index in [2.05, 4.69) is 17.4 Å². The summed E-state index contributed by atoms with van der Waals surface area (Å²) in [6.07, 6.45) is 0. The molecule has 1 aromatic carbocycles. The molecule has 15 heavy (non-hydrogen) atoms. The number of nitrogens with zero attached hydrogens (tertiary/aromatic N) is 1. The Morgan fingerprint density at radius 3 is 2.80 bits per heavy atom. The van der Waals surface area contributed by atoms with Crippen molar-refractivity contribution in [3.05, 3.63) is 28.8 Å². The zero-order valence-electron chi connectivity index (χ0n) is 8.02. The van der Waals surface area contributed by atoms with E-state index in [0.29, 0.717) is 10.5 Å². The van der Waals surface area contributed by atoms with Crippen LogP contribution in [0.15, 0.2) is 17.0 Å². The summed E-state index contributed by atoms with van der Waals surface area (Å²) in [7, 11) is 1.22. The van der Waals surface area contributed by atoms with Gasteiger partial charge in [-0.25, -0.2) is 4.79 Å². The number of hydrogen-bond donors (Lipinski definition) is 2. The summed E-state index contributed by atoms with van der Waals surface area (Å²) >= 11 is 4.07. The van der Waals surface area contributed by atoms with Gasteiger partial charge in [-0.15, -0.1) is 12.6 Å². The summed E-state index contributed by atoms with van der Waals surface area (Å²) < 4.78 is 4.54. The standard InChI is InChI=1S/C10H9NO3S/c1-14-10(13)9-7(4-11)6(5-12)2-3-8(9)15/h2-3,12,15H,5H2,1H3. The molecule has 1 N–H and O–H groups in total. The molecule has 0 atom stereocenters. The zero-order chi connectivity index (χ0) is 11.4. The molecule has 0 heterocycles. The number of ether oxygens (including phenoxy) is 1. The molecule has 0 aliphatic heterocycles. The van der Waals surface area contributed by atoms with E-state index in [-0.39, 0.29) is 17.7 Å². The van der Waals surface area contributed by atoms with E-state index in [1.807, 2.05) is 6.07 Å². The van der Waals surface area contributed by atoms with Gasteiger partial charge in [0.15, 0.2) is 0 Å². The van der Waals surface area contributed by atoms with Crippen molar-refractivity contribution in [3.63, 3.8) is 0 Å². The van der Waals surface area contributed by atoms with Crippen LogP contribution >= 0.6 is 12.6 Å². The lowest BCUT2D eigenvalue weighted by atomic mass is 10.0. The lowest BCUT2D eigenvalue weighted by molar-refractivity contribution is 0.0596. The van der Waals surface area contributed by atoms with E-state index in [1.54, 1.807) is 12.1 Å². The van der Waals surface area contributed by atoms with E-state index >= 15 is 0 Å². The van der Waals surface area contributed by atoms with Crippen LogP contribution in [-0.4, -0.2) is 18.2 Å². The zero-order valence-corrected chi connectivity index (χ0v) is 8.91. The fraction of sp³-hybridized carbons (Fsp3) is 0.200. The van der Waals surface area contributed by atoms with Gasteiger partial charge in [0.05, 0.1) is 24.8 Å². The van der Waals surface area contributed by atoms with Gasteiger partial charge < -0.3 is 9.84 Å². The van der Waals surface area contributed by atoms with Gasteiger partial charge in [0.25, 0.3) is 0 Å². The highest BCUT2D eigenvalue weighted by Gasteiger charge is 2.18. The maximum absolute atomic E-state index is 11.4. The Morgan fingerprint density at radius 1 is 1.67 bits per heavy atom. The number of carbonyl (C=O) groups excluding carboxylic acids is 1. The van der Waals surface area contributed by atoms with E-state index < -0.39 is 5.97 Å². The Morgan fingerprint density at radius 2 is 2.33 bits per heavy atom. The molecule has 0 bridgehead atoms. The molecule has 1 aromatic rings. The van der Waals surface area contributed by atoms with Gasteiger partial charge >= 0.3 is 5.97 Å². The number of thiol groups is 1. The predicted molar refractivity (Wildman–Crippen MR) is 55.7 cm³/mol. The highest BCUT2D eigenvalue weighted by atomic mass is 32.1. The third-order valence-corrected chi connectivity index (χ3v) is 2.31. The smallest absolute Gasteiger partial charge is 0.340 e. The molecule has 5 heteroatoms. The summed E-state index contributed by atoms with van der Waals surface area (Å²) in [5, 5.41) is 17.9. The minimum Gasteiger partial charge on any atom is -0.465 e. The lowest BCUT2D eigenvalue weighted by Gasteiger charge is -2.08. The summed E-state index contributed by atoms with van der Waals surface area (Å²) in [5.41, 5.74) is 0.586. The molecule has 0 fully saturated rings. The van der Waals surface area contributed by atoms with Crippen molar-refractivity contribution in [3.8, 4) is 6.07 Å². The van der Waals surface area contributed by atoms with E-state index in [0.717, 1.165) is 0 Å². The number of rotatable bonds is 2. The van der Waals surface area contributed by atoms with Crippen LogP contribution in [0.4, 0.5) is 0 Å². The van der Waals surface area contributed by atoms with Crippen LogP contribution in [-0.2, 0) is 11.3 Å². The van der Waals surface area contributed by atoms with Crippen molar-refractivity contribution < 1.29 is 14.6 Å². The van der Waals surface area contributed by atoms with Crippen molar-refractivity contribution in [2.75, 3.05) is 7.11 Å². The maximum atomic E-state index is 11.4. The summed E-state index contributed by atoms with van der Waals surface area (Å²) in [6, 6.07) is 4.95. The second-order valence-electron chi connectivity index (χ2n) is 2.76. The highest BCUT2D eigenvalue weighted by molar-refractivity contribution is 7.80. The summed E-state index contributed by atoms with van der Waals surface area (Å²) in [5.74, 6) is -0.633. The second-order valence-corrected chi connectivity index (χ2v) is 3.24. The number of benzene rings is 1. The normalized spacial score (nSPS) is 9.47. The van der Waals surface area contributed by atoms with Crippen molar-refractivity contribution in [1.29, 1.82) is 5.26 Å². The second kappa shape index (κ2) is 4.82. The first kappa shape index (κ1) is 11.6. The Kier molecular flexibility index (Phi) is 3.72. The highest BCUT2D eigenvalue weighted by Crippen LogP contribution is 2.22. The molecule has 0 unspecified atom stereocenters.